The molecule has 0 aliphatic carbocycles. The first kappa shape index (κ1) is 14.9. The van der Waals surface area contributed by atoms with Gasteiger partial charge in [-0.1, -0.05) is 6.42 Å². The fourth-order valence-corrected chi connectivity index (χ4v) is 3.74. The summed E-state index contributed by atoms with van der Waals surface area (Å²) < 4.78 is 52.7. The Morgan fingerprint density at radius 3 is 2.30 bits per heavy atom. The van der Waals surface area contributed by atoms with E-state index >= 15 is 0 Å². The number of nitrogens with zero attached hydrogens (tertiary/aromatic N) is 1. The lowest BCUT2D eigenvalue weighted by molar-refractivity contribution is 0.0696. The Morgan fingerprint density at radius 1 is 1.15 bits per heavy atom. The monoisotopic (exact) mass is 305 g/mol. The number of hydrogen-bond donors (Lipinski definition) is 1. The van der Waals surface area contributed by atoms with Gasteiger partial charge in [-0.2, -0.15) is 4.31 Å². The van der Waals surface area contributed by atoms with Crippen LogP contribution in [0.15, 0.2) is 17.0 Å². The quantitative estimate of drug-likeness (QED) is 0.924. The maximum Gasteiger partial charge on any atom is 0.335 e. The van der Waals surface area contributed by atoms with E-state index in [4.69, 9.17) is 5.11 Å². The summed E-state index contributed by atoms with van der Waals surface area (Å²) in [6.07, 6.45) is 2.15. The van der Waals surface area contributed by atoms with E-state index in [0.717, 1.165) is 10.7 Å². The highest BCUT2D eigenvalue weighted by molar-refractivity contribution is 7.89. The Labute approximate surface area is 114 Å². The molecule has 1 saturated heterocycles. The van der Waals surface area contributed by atoms with Crippen LogP contribution in [0.25, 0.3) is 0 Å². The second-order valence-corrected chi connectivity index (χ2v) is 6.45. The molecule has 2 rings (SSSR count). The first-order valence-electron chi connectivity index (χ1n) is 6.06. The molecule has 5 nitrogen and oxygen atoms in total. The number of aromatic carboxylic acids is 1. The van der Waals surface area contributed by atoms with Crippen molar-refractivity contribution in [3.8, 4) is 0 Å². The third-order valence-corrected chi connectivity index (χ3v) is 5.07. The number of carbonyl (C=O) groups is 1. The van der Waals surface area contributed by atoms with E-state index in [0.29, 0.717) is 25.0 Å². The van der Waals surface area contributed by atoms with E-state index in [1.54, 1.807) is 0 Å². The molecule has 0 spiro atoms. The van der Waals surface area contributed by atoms with Gasteiger partial charge in [-0.15, -0.1) is 0 Å². The van der Waals surface area contributed by atoms with Gasteiger partial charge in [0, 0.05) is 13.1 Å². The molecule has 1 fully saturated rings. The van der Waals surface area contributed by atoms with Crippen LogP contribution in [0.3, 0.4) is 0 Å². The van der Waals surface area contributed by atoms with Gasteiger partial charge in [-0.05, 0) is 25.0 Å². The molecule has 0 atom stereocenters. The molecule has 1 aromatic carbocycles. The molecule has 8 heteroatoms. The van der Waals surface area contributed by atoms with Crippen molar-refractivity contribution in [1.82, 2.24) is 4.31 Å². The normalized spacial score (nSPS) is 17.1. The second-order valence-electron chi connectivity index (χ2n) is 4.54. The van der Waals surface area contributed by atoms with Crippen molar-refractivity contribution in [2.45, 2.75) is 24.2 Å². The molecule has 20 heavy (non-hydrogen) atoms. The summed E-state index contributed by atoms with van der Waals surface area (Å²) >= 11 is 0. The van der Waals surface area contributed by atoms with Crippen LogP contribution < -0.4 is 0 Å². The highest BCUT2D eigenvalue weighted by Gasteiger charge is 2.31. The van der Waals surface area contributed by atoms with Crippen molar-refractivity contribution in [3.63, 3.8) is 0 Å². The van der Waals surface area contributed by atoms with Crippen LogP contribution in [0.2, 0.25) is 0 Å². The highest BCUT2D eigenvalue weighted by atomic mass is 32.2. The minimum Gasteiger partial charge on any atom is -0.478 e. The summed E-state index contributed by atoms with van der Waals surface area (Å²) in [5.74, 6) is -4.54. The van der Waals surface area contributed by atoms with Gasteiger partial charge in [0.1, 0.15) is 4.90 Å². The maximum absolute atomic E-state index is 13.7. The molecule has 0 radical (unpaired) electrons. The average Bonchev–Trinajstić information content (AvgIpc) is 2.42. The van der Waals surface area contributed by atoms with Crippen molar-refractivity contribution in [2.75, 3.05) is 13.1 Å². The summed E-state index contributed by atoms with van der Waals surface area (Å²) in [5, 5.41) is 8.80. The molecular weight excluding hydrogens is 292 g/mol. The molecule has 1 N–H and O–H groups in total. The van der Waals surface area contributed by atoms with E-state index in [1.807, 2.05) is 0 Å². The fourth-order valence-electron chi connectivity index (χ4n) is 2.12. The summed E-state index contributed by atoms with van der Waals surface area (Å²) in [5.41, 5.74) is -0.598. The number of halogens is 2. The zero-order valence-electron chi connectivity index (χ0n) is 10.5. The van der Waals surface area contributed by atoms with Crippen LogP contribution in [0.5, 0.6) is 0 Å². The van der Waals surface area contributed by atoms with E-state index in [9.17, 15) is 22.0 Å². The topological polar surface area (TPSA) is 74.7 Å². The van der Waals surface area contributed by atoms with Gasteiger partial charge in [-0.3, -0.25) is 0 Å². The molecule has 1 aromatic rings. The SMILES string of the molecule is O=C(O)c1cc(F)c(F)c(S(=O)(=O)N2CCCCC2)c1. The first-order chi connectivity index (χ1) is 9.34. The minimum atomic E-state index is -4.22. The number of carboxylic acid groups (broad SMARTS) is 1. The lowest BCUT2D eigenvalue weighted by atomic mass is 10.2. The van der Waals surface area contributed by atoms with Gasteiger partial charge in [0.05, 0.1) is 5.56 Å². The minimum absolute atomic E-state index is 0.223. The number of benzene rings is 1. The van der Waals surface area contributed by atoms with Crippen LogP contribution in [0.1, 0.15) is 29.6 Å². The molecule has 0 bridgehead atoms. The largest absolute Gasteiger partial charge is 0.478 e. The Kier molecular flexibility index (Phi) is 4.05. The lowest BCUT2D eigenvalue weighted by Crippen LogP contribution is -2.36. The van der Waals surface area contributed by atoms with E-state index < -0.39 is 38.1 Å². The van der Waals surface area contributed by atoms with Crippen LogP contribution >= 0.6 is 0 Å². The predicted molar refractivity (Wildman–Crippen MR) is 65.9 cm³/mol. The first-order valence-corrected chi connectivity index (χ1v) is 7.50. The van der Waals surface area contributed by atoms with Crippen molar-refractivity contribution in [1.29, 1.82) is 0 Å². The number of sulfonamides is 1. The highest BCUT2D eigenvalue weighted by Crippen LogP contribution is 2.25. The molecular formula is C12H13F2NO4S. The van der Waals surface area contributed by atoms with Gasteiger partial charge in [0.2, 0.25) is 10.0 Å². The van der Waals surface area contributed by atoms with Crippen LogP contribution in [-0.4, -0.2) is 36.9 Å². The van der Waals surface area contributed by atoms with E-state index in [2.05, 4.69) is 0 Å². The van der Waals surface area contributed by atoms with Crippen LogP contribution in [-0.2, 0) is 10.0 Å². The number of hydrogen-bond acceptors (Lipinski definition) is 3. The maximum atomic E-state index is 13.7. The zero-order valence-corrected chi connectivity index (χ0v) is 11.3. The third kappa shape index (κ3) is 2.66. The van der Waals surface area contributed by atoms with E-state index in [1.165, 1.54) is 0 Å². The molecule has 1 aliphatic rings. The second kappa shape index (κ2) is 5.45. The van der Waals surface area contributed by atoms with Crippen molar-refractivity contribution in [2.24, 2.45) is 0 Å². The molecule has 0 unspecified atom stereocenters. The van der Waals surface area contributed by atoms with E-state index in [-0.39, 0.29) is 13.1 Å². The third-order valence-electron chi connectivity index (χ3n) is 3.17. The summed E-state index contributed by atoms with van der Waals surface area (Å²) in [4.78, 5) is 9.90. The van der Waals surface area contributed by atoms with Crippen molar-refractivity contribution >= 4 is 16.0 Å². The van der Waals surface area contributed by atoms with Gasteiger partial charge in [0.15, 0.2) is 11.6 Å². The van der Waals surface area contributed by atoms with Crippen LogP contribution in [0, 0.1) is 11.6 Å². The summed E-state index contributed by atoms with van der Waals surface area (Å²) in [6, 6.07) is 1.12. The lowest BCUT2D eigenvalue weighted by Gasteiger charge is -2.26. The Bertz CT molecular complexity index is 639. The van der Waals surface area contributed by atoms with Gasteiger partial charge < -0.3 is 5.11 Å². The van der Waals surface area contributed by atoms with Gasteiger partial charge in [-0.25, -0.2) is 22.0 Å². The zero-order chi connectivity index (χ0) is 14.9. The van der Waals surface area contributed by atoms with Crippen molar-refractivity contribution in [3.05, 3.63) is 29.3 Å². The molecule has 110 valence electrons. The van der Waals surface area contributed by atoms with Gasteiger partial charge >= 0.3 is 5.97 Å². The Balaban J connectivity index is 2.52. The molecule has 1 heterocycles. The molecule has 0 aromatic heterocycles. The average molecular weight is 305 g/mol. The van der Waals surface area contributed by atoms with Gasteiger partial charge in [0.25, 0.3) is 0 Å². The molecule has 1 aliphatic heterocycles. The molecule has 0 amide bonds. The Hall–Kier alpha value is -1.54. The standard InChI is InChI=1S/C12H13F2NO4S/c13-9-6-8(12(16)17)7-10(11(9)14)20(18,19)15-4-2-1-3-5-15/h6-7H,1-5H2,(H,16,17). The van der Waals surface area contributed by atoms with Crippen LogP contribution in [0.4, 0.5) is 8.78 Å². The smallest absolute Gasteiger partial charge is 0.335 e. The number of piperidine rings is 1. The summed E-state index contributed by atoms with van der Waals surface area (Å²) in [6.45, 7) is 0.446. The summed E-state index contributed by atoms with van der Waals surface area (Å²) in [7, 11) is -4.22. The number of rotatable bonds is 3. The molecule has 0 saturated carbocycles. The van der Waals surface area contributed by atoms with Crippen molar-refractivity contribution < 1.29 is 27.1 Å². The predicted octanol–water partition coefficient (Wildman–Crippen LogP) is 1.84. The fraction of sp³-hybridized carbons (Fsp3) is 0.417. The Morgan fingerprint density at radius 2 is 1.75 bits per heavy atom. The number of carboxylic acids is 1.